The second-order valence-corrected chi connectivity index (χ2v) is 8.02. The number of hydrogen-bond donors (Lipinski definition) is 2. The van der Waals surface area contributed by atoms with Crippen molar-refractivity contribution in [2.24, 2.45) is 0 Å². The number of nitrogens with two attached hydrogens (primary N) is 1. The molecule has 0 saturated carbocycles. The Bertz CT molecular complexity index is 1650. The molecular weight excluding hydrogens is 428 g/mol. The number of rotatable bonds is 4. The van der Waals surface area contributed by atoms with Crippen LogP contribution in [0.3, 0.4) is 0 Å². The van der Waals surface area contributed by atoms with Gasteiger partial charge in [-0.05, 0) is 43.3 Å². The molecule has 0 aliphatic carbocycles. The molecule has 9 heteroatoms. The number of hydrogen-bond acceptors (Lipinski definition) is 7. The number of nitrogen functional groups attached to an aromatic ring is 1. The molecule has 9 nitrogen and oxygen atoms in total. The van der Waals surface area contributed by atoms with Gasteiger partial charge in [-0.1, -0.05) is 12.1 Å². The van der Waals surface area contributed by atoms with Gasteiger partial charge < -0.3 is 15.2 Å². The number of fused-ring (bicyclic) bond motifs is 2. The maximum absolute atomic E-state index is 9.98. The van der Waals surface area contributed by atoms with Gasteiger partial charge in [-0.2, -0.15) is 5.10 Å². The topological polar surface area (TPSA) is 120 Å². The van der Waals surface area contributed by atoms with Crippen LogP contribution < -0.4 is 5.73 Å². The van der Waals surface area contributed by atoms with Crippen molar-refractivity contribution >= 4 is 22.4 Å². The van der Waals surface area contributed by atoms with Crippen LogP contribution in [0.15, 0.2) is 79.6 Å². The Balaban J connectivity index is 1.61. The molecule has 0 aliphatic heterocycles. The Labute approximate surface area is 194 Å². The summed E-state index contributed by atoms with van der Waals surface area (Å²) in [6, 6.07) is 15.5. The Kier molecular flexibility index (Phi) is 4.48. The maximum atomic E-state index is 9.98. The molecule has 34 heavy (non-hydrogen) atoms. The summed E-state index contributed by atoms with van der Waals surface area (Å²) in [6.07, 6.45) is 8.26. The smallest absolute Gasteiger partial charge is 0.164 e. The van der Waals surface area contributed by atoms with E-state index in [0.717, 1.165) is 22.5 Å². The van der Waals surface area contributed by atoms with Crippen molar-refractivity contribution in [3.63, 3.8) is 0 Å². The van der Waals surface area contributed by atoms with Crippen LogP contribution in [0, 0.1) is 0 Å². The van der Waals surface area contributed by atoms with Crippen LogP contribution in [0.4, 0.5) is 5.82 Å². The standard InChI is InChI=1S/C25H20N8O/c1-15(19-11-17-6-3-5-9-32(17)23(19)20-7-2-4-8-28-20)33-25-21(24(26)29-14-30-25)22(31-33)16-10-18(34)13-27-12-16/h2-15,34H,1H3,(H2,26,29,30). The van der Waals surface area contributed by atoms with Crippen LogP contribution in [0.25, 0.3) is 39.2 Å². The summed E-state index contributed by atoms with van der Waals surface area (Å²) >= 11 is 0. The van der Waals surface area contributed by atoms with Gasteiger partial charge in [0.1, 0.15) is 23.6 Å². The Hall–Kier alpha value is -4.79. The van der Waals surface area contributed by atoms with E-state index >= 15 is 0 Å². The molecule has 6 aromatic rings. The lowest BCUT2D eigenvalue weighted by molar-refractivity contribution is 0.473. The number of pyridine rings is 3. The molecule has 6 rings (SSSR count). The van der Waals surface area contributed by atoms with E-state index < -0.39 is 0 Å². The van der Waals surface area contributed by atoms with E-state index in [-0.39, 0.29) is 11.8 Å². The second-order valence-electron chi connectivity index (χ2n) is 8.02. The molecule has 0 saturated heterocycles. The highest BCUT2D eigenvalue weighted by molar-refractivity contribution is 5.98. The molecule has 0 aromatic carbocycles. The minimum atomic E-state index is -0.215. The molecule has 166 valence electrons. The predicted octanol–water partition coefficient (Wildman–Crippen LogP) is 4.10. The van der Waals surface area contributed by atoms with Gasteiger partial charge in [0, 0.05) is 35.2 Å². The molecular formula is C25H20N8O. The third-order valence-electron chi connectivity index (χ3n) is 5.95. The van der Waals surface area contributed by atoms with E-state index in [1.807, 2.05) is 41.2 Å². The van der Waals surface area contributed by atoms with E-state index in [2.05, 4.69) is 43.4 Å². The average Bonchev–Trinajstić information content (AvgIpc) is 3.44. The normalized spacial score (nSPS) is 12.4. The number of aromatic nitrogens is 7. The molecule has 0 spiro atoms. The van der Waals surface area contributed by atoms with E-state index in [1.165, 1.54) is 12.5 Å². The average molecular weight is 448 g/mol. The number of anilines is 1. The SMILES string of the molecule is CC(c1cc2ccccn2c1-c1ccccn1)n1nc(-c2cncc(O)c2)c2c(N)ncnc21. The molecule has 6 heterocycles. The van der Waals surface area contributed by atoms with Crippen molar-refractivity contribution in [3.8, 4) is 28.4 Å². The van der Waals surface area contributed by atoms with E-state index in [0.29, 0.717) is 28.1 Å². The van der Waals surface area contributed by atoms with Crippen LogP contribution in [0.2, 0.25) is 0 Å². The molecule has 0 amide bonds. The first-order chi connectivity index (χ1) is 16.6. The minimum Gasteiger partial charge on any atom is -0.506 e. The van der Waals surface area contributed by atoms with Crippen molar-refractivity contribution in [1.82, 2.24) is 34.1 Å². The van der Waals surface area contributed by atoms with Gasteiger partial charge in [-0.15, -0.1) is 0 Å². The van der Waals surface area contributed by atoms with E-state index in [9.17, 15) is 5.11 Å². The summed E-state index contributed by atoms with van der Waals surface area (Å²) < 4.78 is 3.97. The zero-order chi connectivity index (χ0) is 23.2. The van der Waals surface area contributed by atoms with Gasteiger partial charge in [-0.25, -0.2) is 14.6 Å². The lowest BCUT2D eigenvalue weighted by Gasteiger charge is -2.15. The number of nitrogens with zero attached hydrogens (tertiary/aromatic N) is 7. The highest BCUT2D eigenvalue weighted by Crippen LogP contribution is 2.37. The van der Waals surface area contributed by atoms with Crippen molar-refractivity contribution < 1.29 is 5.11 Å². The highest BCUT2D eigenvalue weighted by Gasteiger charge is 2.25. The molecule has 1 atom stereocenters. The largest absolute Gasteiger partial charge is 0.506 e. The summed E-state index contributed by atoms with van der Waals surface area (Å²) in [5.74, 6) is 0.355. The fourth-order valence-corrected chi connectivity index (χ4v) is 4.39. The Morgan fingerprint density at radius 1 is 1.00 bits per heavy atom. The van der Waals surface area contributed by atoms with Crippen molar-refractivity contribution in [3.05, 3.63) is 85.2 Å². The molecule has 0 fully saturated rings. The van der Waals surface area contributed by atoms with Gasteiger partial charge in [0.05, 0.1) is 29.0 Å². The van der Waals surface area contributed by atoms with Crippen molar-refractivity contribution in [2.45, 2.75) is 13.0 Å². The number of aromatic hydroxyl groups is 1. The molecule has 0 aliphatic rings. The monoisotopic (exact) mass is 448 g/mol. The molecule has 0 bridgehead atoms. The fraction of sp³-hybridized carbons (Fsp3) is 0.0800. The summed E-state index contributed by atoms with van der Waals surface area (Å²) in [4.78, 5) is 17.4. The van der Waals surface area contributed by atoms with Gasteiger partial charge in [0.15, 0.2) is 5.65 Å². The van der Waals surface area contributed by atoms with Gasteiger partial charge in [-0.3, -0.25) is 9.97 Å². The van der Waals surface area contributed by atoms with Gasteiger partial charge in [0.25, 0.3) is 0 Å². The lowest BCUT2D eigenvalue weighted by Crippen LogP contribution is -2.10. The fourth-order valence-electron chi connectivity index (χ4n) is 4.39. The Morgan fingerprint density at radius 3 is 2.71 bits per heavy atom. The summed E-state index contributed by atoms with van der Waals surface area (Å²) in [5, 5.41) is 15.5. The van der Waals surface area contributed by atoms with Crippen molar-refractivity contribution in [2.75, 3.05) is 5.73 Å². The Morgan fingerprint density at radius 2 is 1.88 bits per heavy atom. The van der Waals surface area contributed by atoms with Gasteiger partial charge in [0.2, 0.25) is 0 Å². The van der Waals surface area contributed by atoms with Crippen LogP contribution in [0.1, 0.15) is 18.5 Å². The highest BCUT2D eigenvalue weighted by atomic mass is 16.3. The summed E-state index contributed by atoms with van der Waals surface area (Å²) in [7, 11) is 0. The molecule has 3 N–H and O–H groups in total. The van der Waals surface area contributed by atoms with Crippen LogP contribution >= 0.6 is 0 Å². The maximum Gasteiger partial charge on any atom is 0.164 e. The minimum absolute atomic E-state index is 0.0415. The molecule has 1 unspecified atom stereocenters. The summed E-state index contributed by atoms with van der Waals surface area (Å²) in [5.41, 5.74) is 12.0. The van der Waals surface area contributed by atoms with Gasteiger partial charge >= 0.3 is 0 Å². The molecule has 0 radical (unpaired) electrons. The third-order valence-corrected chi connectivity index (χ3v) is 5.95. The zero-order valence-corrected chi connectivity index (χ0v) is 18.2. The molecule has 6 aromatic heterocycles. The third kappa shape index (κ3) is 3.06. The summed E-state index contributed by atoms with van der Waals surface area (Å²) in [6.45, 7) is 2.07. The lowest BCUT2D eigenvalue weighted by atomic mass is 10.1. The first-order valence-corrected chi connectivity index (χ1v) is 10.8. The first kappa shape index (κ1) is 19.9. The van der Waals surface area contributed by atoms with E-state index in [4.69, 9.17) is 10.8 Å². The predicted molar refractivity (Wildman–Crippen MR) is 129 cm³/mol. The van der Waals surface area contributed by atoms with Crippen LogP contribution in [0.5, 0.6) is 5.75 Å². The second kappa shape index (κ2) is 7.66. The van der Waals surface area contributed by atoms with E-state index in [1.54, 1.807) is 18.5 Å². The van der Waals surface area contributed by atoms with Crippen molar-refractivity contribution in [1.29, 1.82) is 0 Å². The van der Waals surface area contributed by atoms with Crippen LogP contribution in [-0.4, -0.2) is 39.2 Å². The quantitative estimate of drug-likeness (QED) is 0.416. The zero-order valence-electron chi connectivity index (χ0n) is 18.2. The van der Waals surface area contributed by atoms with Crippen LogP contribution in [-0.2, 0) is 0 Å². The first-order valence-electron chi connectivity index (χ1n) is 10.8.